The molecule has 20 heavy (non-hydrogen) atoms. The number of aliphatic imine (C=N–C) groups is 1. The predicted octanol–water partition coefficient (Wildman–Crippen LogP) is 2.11. The van der Waals surface area contributed by atoms with Gasteiger partial charge in [-0.05, 0) is 26.7 Å². The first-order chi connectivity index (χ1) is 9.69. The molecule has 0 radical (unpaired) electrons. The molecule has 1 spiro atoms. The minimum absolute atomic E-state index is 0.0576. The molecule has 1 atom stereocenters. The average Bonchev–Trinajstić information content (AvgIpc) is 2.70. The van der Waals surface area contributed by atoms with Crippen LogP contribution in [0.3, 0.4) is 0 Å². The lowest BCUT2D eigenvalue weighted by Gasteiger charge is -2.26. The van der Waals surface area contributed by atoms with Crippen LogP contribution < -0.4 is 5.73 Å². The third-order valence-corrected chi connectivity index (χ3v) is 4.32. The van der Waals surface area contributed by atoms with Crippen molar-refractivity contribution in [3.05, 3.63) is 0 Å². The summed E-state index contributed by atoms with van der Waals surface area (Å²) in [6.45, 7) is 7.19. The van der Waals surface area contributed by atoms with Crippen molar-refractivity contribution in [3.63, 3.8) is 0 Å². The maximum absolute atomic E-state index is 6.16. The second-order valence-electron chi connectivity index (χ2n) is 5.75. The Kier molecular flexibility index (Phi) is 5.66. The normalized spacial score (nSPS) is 26.7. The van der Waals surface area contributed by atoms with E-state index in [1.165, 1.54) is 25.7 Å². The highest BCUT2D eigenvalue weighted by Gasteiger charge is 2.41. The third-order valence-electron chi connectivity index (χ3n) is 4.32. The van der Waals surface area contributed by atoms with E-state index in [0.717, 1.165) is 25.9 Å². The molecule has 0 aromatic carbocycles. The van der Waals surface area contributed by atoms with Crippen LogP contribution in [0.1, 0.15) is 52.4 Å². The largest absolute Gasteiger partial charge is 0.370 e. The molecule has 1 saturated carbocycles. The molecule has 0 aromatic rings. The Hall–Kier alpha value is -0.810. The summed E-state index contributed by atoms with van der Waals surface area (Å²) in [6, 6.07) is 0. The van der Waals surface area contributed by atoms with Gasteiger partial charge in [0.1, 0.15) is 6.10 Å². The lowest BCUT2D eigenvalue weighted by atomic mass is 10.1. The van der Waals surface area contributed by atoms with Crippen LogP contribution in [-0.4, -0.2) is 49.0 Å². The van der Waals surface area contributed by atoms with Crippen molar-refractivity contribution in [1.29, 1.82) is 0 Å². The standard InChI is InChI=1S/C15H29N3O2/c1-3-18(4-2)14(16)17-11-13-12-19-15(20-13)9-7-5-6-8-10-15/h13H,3-12H2,1-2H3,(H2,16,17)/t13-/m1/s1. The molecule has 2 fully saturated rings. The molecule has 1 aliphatic heterocycles. The van der Waals surface area contributed by atoms with Gasteiger partial charge in [-0.2, -0.15) is 0 Å². The van der Waals surface area contributed by atoms with Crippen molar-refractivity contribution >= 4 is 5.96 Å². The zero-order valence-electron chi connectivity index (χ0n) is 12.9. The van der Waals surface area contributed by atoms with Gasteiger partial charge in [0.25, 0.3) is 0 Å². The maximum Gasteiger partial charge on any atom is 0.191 e. The molecule has 2 N–H and O–H groups in total. The van der Waals surface area contributed by atoms with Crippen molar-refractivity contribution in [2.45, 2.75) is 64.3 Å². The van der Waals surface area contributed by atoms with Gasteiger partial charge in [0.05, 0.1) is 13.2 Å². The zero-order valence-corrected chi connectivity index (χ0v) is 12.9. The molecule has 1 saturated heterocycles. The summed E-state index contributed by atoms with van der Waals surface area (Å²) in [4.78, 5) is 6.52. The van der Waals surface area contributed by atoms with Gasteiger partial charge in [-0.25, -0.2) is 0 Å². The lowest BCUT2D eigenvalue weighted by Crippen LogP contribution is -2.38. The first kappa shape index (κ1) is 15.6. The first-order valence-electron chi connectivity index (χ1n) is 8.06. The molecule has 2 aliphatic rings. The molecule has 0 bridgehead atoms. The van der Waals surface area contributed by atoms with E-state index in [1.54, 1.807) is 0 Å². The van der Waals surface area contributed by atoms with E-state index in [4.69, 9.17) is 15.2 Å². The van der Waals surface area contributed by atoms with Crippen LogP contribution in [0.15, 0.2) is 4.99 Å². The SMILES string of the molecule is CCN(CC)C(N)=NC[C@@H]1COC2(CCCCCC2)O1. The van der Waals surface area contributed by atoms with Crippen LogP contribution in [0, 0.1) is 0 Å². The fraction of sp³-hybridized carbons (Fsp3) is 0.933. The summed E-state index contributed by atoms with van der Waals surface area (Å²) >= 11 is 0. The van der Waals surface area contributed by atoms with Gasteiger partial charge in [0.15, 0.2) is 11.7 Å². The number of nitrogens with two attached hydrogens (primary N) is 1. The van der Waals surface area contributed by atoms with Crippen molar-refractivity contribution in [2.24, 2.45) is 10.7 Å². The van der Waals surface area contributed by atoms with E-state index >= 15 is 0 Å². The fourth-order valence-corrected chi connectivity index (χ4v) is 3.08. The average molecular weight is 283 g/mol. The fourth-order valence-electron chi connectivity index (χ4n) is 3.08. The molecule has 0 amide bonds. The van der Waals surface area contributed by atoms with E-state index in [0.29, 0.717) is 19.1 Å². The van der Waals surface area contributed by atoms with Crippen LogP contribution in [-0.2, 0) is 9.47 Å². The Labute approximate surface area is 122 Å². The van der Waals surface area contributed by atoms with Crippen molar-refractivity contribution in [3.8, 4) is 0 Å². The first-order valence-corrected chi connectivity index (χ1v) is 8.06. The van der Waals surface area contributed by atoms with E-state index in [9.17, 15) is 0 Å². The van der Waals surface area contributed by atoms with Gasteiger partial charge in [0.2, 0.25) is 0 Å². The maximum atomic E-state index is 6.16. The van der Waals surface area contributed by atoms with Gasteiger partial charge in [0, 0.05) is 25.9 Å². The minimum Gasteiger partial charge on any atom is -0.370 e. The van der Waals surface area contributed by atoms with Crippen LogP contribution in [0.5, 0.6) is 0 Å². The van der Waals surface area contributed by atoms with Gasteiger partial charge in [-0.1, -0.05) is 12.8 Å². The second-order valence-corrected chi connectivity index (χ2v) is 5.75. The van der Waals surface area contributed by atoms with Crippen LogP contribution in [0.2, 0.25) is 0 Å². The van der Waals surface area contributed by atoms with Crippen molar-refractivity contribution < 1.29 is 9.47 Å². The van der Waals surface area contributed by atoms with Crippen LogP contribution in [0.4, 0.5) is 0 Å². The van der Waals surface area contributed by atoms with Gasteiger partial charge in [-0.3, -0.25) is 4.99 Å². The summed E-state index contributed by atoms with van der Waals surface area (Å²) in [5, 5.41) is 0. The molecule has 5 heteroatoms. The number of rotatable bonds is 4. The Morgan fingerprint density at radius 1 is 1.20 bits per heavy atom. The Morgan fingerprint density at radius 3 is 2.45 bits per heavy atom. The van der Waals surface area contributed by atoms with E-state index in [2.05, 4.69) is 23.7 Å². The zero-order chi connectivity index (χ0) is 14.4. The van der Waals surface area contributed by atoms with E-state index < -0.39 is 0 Å². The predicted molar refractivity (Wildman–Crippen MR) is 80.7 cm³/mol. The van der Waals surface area contributed by atoms with Gasteiger partial charge < -0.3 is 20.1 Å². The number of hydrogen-bond donors (Lipinski definition) is 1. The number of hydrogen-bond acceptors (Lipinski definition) is 3. The molecular formula is C15H29N3O2. The quantitative estimate of drug-likeness (QED) is 0.634. The summed E-state index contributed by atoms with van der Waals surface area (Å²) in [7, 11) is 0. The summed E-state index contributed by atoms with van der Waals surface area (Å²) < 4.78 is 12.1. The van der Waals surface area contributed by atoms with Crippen LogP contribution in [0.25, 0.3) is 0 Å². The third kappa shape index (κ3) is 3.85. The highest BCUT2D eigenvalue weighted by molar-refractivity contribution is 5.78. The summed E-state index contributed by atoms with van der Waals surface area (Å²) in [6.07, 6.45) is 7.12. The molecule has 0 aromatic heterocycles. The molecule has 1 heterocycles. The molecular weight excluding hydrogens is 254 g/mol. The topological polar surface area (TPSA) is 60.1 Å². The second kappa shape index (κ2) is 7.27. The van der Waals surface area contributed by atoms with Gasteiger partial charge in [-0.15, -0.1) is 0 Å². The lowest BCUT2D eigenvalue weighted by molar-refractivity contribution is -0.174. The van der Waals surface area contributed by atoms with E-state index in [-0.39, 0.29) is 11.9 Å². The Morgan fingerprint density at radius 2 is 1.85 bits per heavy atom. The summed E-state index contributed by atoms with van der Waals surface area (Å²) in [5.74, 6) is 0.293. The monoisotopic (exact) mass is 283 g/mol. The number of guanidine groups is 1. The van der Waals surface area contributed by atoms with Gasteiger partial charge >= 0.3 is 0 Å². The molecule has 2 rings (SSSR count). The number of ether oxygens (including phenoxy) is 2. The molecule has 5 nitrogen and oxygen atoms in total. The van der Waals surface area contributed by atoms with Crippen LogP contribution >= 0.6 is 0 Å². The Balaban J connectivity index is 1.85. The Bertz CT molecular complexity index is 321. The molecule has 0 unspecified atom stereocenters. The van der Waals surface area contributed by atoms with E-state index in [1.807, 2.05) is 0 Å². The number of nitrogens with zero attached hydrogens (tertiary/aromatic N) is 2. The smallest absolute Gasteiger partial charge is 0.191 e. The molecule has 1 aliphatic carbocycles. The highest BCUT2D eigenvalue weighted by atomic mass is 16.7. The van der Waals surface area contributed by atoms with Crippen molar-refractivity contribution in [2.75, 3.05) is 26.2 Å². The molecule has 116 valence electrons. The minimum atomic E-state index is -0.319. The van der Waals surface area contributed by atoms with Crippen molar-refractivity contribution in [1.82, 2.24) is 4.90 Å². The highest BCUT2D eigenvalue weighted by Crippen LogP contribution is 2.36. The summed E-state index contributed by atoms with van der Waals surface area (Å²) in [5.41, 5.74) is 5.99.